The van der Waals surface area contributed by atoms with Gasteiger partial charge in [-0.25, -0.2) is 8.42 Å². The summed E-state index contributed by atoms with van der Waals surface area (Å²) in [6.45, 7) is 1.79. The molecule has 3 N–H and O–H groups in total. The Balaban J connectivity index is 2.02. The second-order valence-corrected chi connectivity index (χ2v) is 7.82. The fraction of sp³-hybridized carbons (Fsp3) is 0.125. The van der Waals surface area contributed by atoms with E-state index in [1.54, 1.807) is 49.4 Å². The molecule has 0 aromatic heterocycles. The first-order valence-electron chi connectivity index (χ1n) is 7.18. The lowest BCUT2D eigenvalue weighted by Gasteiger charge is -2.09. The van der Waals surface area contributed by atoms with Crippen LogP contribution in [0.1, 0.15) is 12.5 Å². The first kappa shape index (κ1) is 19.2. The summed E-state index contributed by atoms with van der Waals surface area (Å²) < 4.78 is 25.0. The van der Waals surface area contributed by atoms with Gasteiger partial charge in [-0.2, -0.15) is 5.10 Å². The van der Waals surface area contributed by atoms with Crippen LogP contribution >= 0.6 is 23.8 Å². The Morgan fingerprint density at radius 2 is 1.80 bits per heavy atom. The number of rotatable bonds is 5. The highest BCUT2D eigenvalue weighted by Gasteiger charge is 2.04. The smallest absolute Gasteiger partial charge is 0.229 e. The number of hydrogen-bond acceptors (Lipinski definition) is 4. The van der Waals surface area contributed by atoms with Crippen LogP contribution in [0.4, 0.5) is 11.4 Å². The van der Waals surface area contributed by atoms with Crippen LogP contribution in [-0.4, -0.2) is 25.5 Å². The molecule has 0 heterocycles. The zero-order chi connectivity index (χ0) is 18.4. The molecule has 2 aromatic rings. The van der Waals surface area contributed by atoms with Gasteiger partial charge in [0, 0.05) is 16.4 Å². The van der Waals surface area contributed by atoms with Gasteiger partial charge in [-0.1, -0.05) is 23.7 Å². The monoisotopic (exact) mass is 396 g/mol. The van der Waals surface area contributed by atoms with Gasteiger partial charge in [-0.15, -0.1) is 0 Å². The number of hydrogen-bond donors (Lipinski definition) is 3. The predicted octanol–water partition coefficient (Wildman–Crippen LogP) is 3.42. The Kier molecular flexibility index (Phi) is 6.35. The first-order valence-corrected chi connectivity index (χ1v) is 9.86. The van der Waals surface area contributed by atoms with Crippen molar-refractivity contribution in [1.29, 1.82) is 0 Å². The van der Waals surface area contributed by atoms with Crippen molar-refractivity contribution in [2.45, 2.75) is 6.92 Å². The molecule has 0 aliphatic heterocycles. The summed E-state index contributed by atoms with van der Waals surface area (Å²) in [5.41, 5.74) is 5.41. The molecule has 0 spiro atoms. The van der Waals surface area contributed by atoms with Crippen molar-refractivity contribution in [3.63, 3.8) is 0 Å². The van der Waals surface area contributed by atoms with E-state index in [1.807, 2.05) is 6.07 Å². The van der Waals surface area contributed by atoms with Crippen molar-refractivity contribution in [1.82, 2.24) is 5.43 Å². The third-order valence-electron chi connectivity index (χ3n) is 3.01. The third kappa shape index (κ3) is 6.69. The molecule has 0 aliphatic carbocycles. The zero-order valence-corrected chi connectivity index (χ0v) is 16.0. The van der Waals surface area contributed by atoms with Crippen LogP contribution in [0.5, 0.6) is 0 Å². The molecular weight excluding hydrogens is 380 g/mol. The molecule has 0 radical (unpaired) electrons. The van der Waals surface area contributed by atoms with E-state index < -0.39 is 10.0 Å². The minimum atomic E-state index is -3.33. The van der Waals surface area contributed by atoms with Crippen molar-refractivity contribution in [3.05, 3.63) is 59.1 Å². The Morgan fingerprint density at radius 3 is 2.44 bits per heavy atom. The van der Waals surface area contributed by atoms with E-state index in [-0.39, 0.29) is 0 Å². The molecular formula is C16H17ClN4O2S2. The highest BCUT2D eigenvalue weighted by atomic mass is 35.5. The molecule has 0 fully saturated rings. The Hall–Kier alpha value is -2.16. The molecule has 0 unspecified atom stereocenters. The molecule has 132 valence electrons. The van der Waals surface area contributed by atoms with Crippen molar-refractivity contribution in [3.8, 4) is 0 Å². The van der Waals surface area contributed by atoms with E-state index >= 15 is 0 Å². The van der Waals surface area contributed by atoms with Gasteiger partial charge >= 0.3 is 0 Å². The number of hydrazone groups is 1. The molecule has 0 saturated carbocycles. The number of thiocarbonyl (C=S) groups is 1. The highest BCUT2D eigenvalue weighted by Crippen LogP contribution is 2.14. The molecule has 0 atom stereocenters. The van der Waals surface area contributed by atoms with Crippen LogP contribution in [-0.2, 0) is 10.0 Å². The number of sulfonamides is 1. The van der Waals surface area contributed by atoms with Gasteiger partial charge in [0.2, 0.25) is 10.0 Å². The van der Waals surface area contributed by atoms with E-state index in [9.17, 15) is 8.42 Å². The number of halogens is 1. The summed E-state index contributed by atoms with van der Waals surface area (Å²) in [6, 6.07) is 14.0. The predicted molar refractivity (Wildman–Crippen MR) is 108 cm³/mol. The largest absolute Gasteiger partial charge is 0.331 e. The van der Waals surface area contributed by atoms with Crippen LogP contribution in [0.2, 0.25) is 5.02 Å². The first-order chi connectivity index (χ1) is 11.7. The Bertz CT molecular complexity index is 897. The maximum atomic E-state index is 11.3. The van der Waals surface area contributed by atoms with Crippen molar-refractivity contribution >= 4 is 56.0 Å². The number of anilines is 2. The molecule has 6 nitrogen and oxygen atoms in total. The van der Waals surface area contributed by atoms with Gasteiger partial charge in [0.15, 0.2) is 5.11 Å². The molecule has 2 aromatic carbocycles. The summed E-state index contributed by atoms with van der Waals surface area (Å²) in [6.07, 6.45) is 1.10. The van der Waals surface area contributed by atoms with Crippen molar-refractivity contribution < 1.29 is 8.42 Å². The third-order valence-corrected chi connectivity index (χ3v) is 4.06. The molecule has 0 saturated heterocycles. The van der Waals surface area contributed by atoms with Gasteiger partial charge in [0.1, 0.15) is 0 Å². The summed E-state index contributed by atoms with van der Waals surface area (Å²) in [7, 11) is -3.33. The van der Waals surface area contributed by atoms with Gasteiger partial charge < -0.3 is 5.32 Å². The molecule has 0 bridgehead atoms. The lowest BCUT2D eigenvalue weighted by Crippen LogP contribution is -2.24. The quantitative estimate of drug-likeness (QED) is 0.410. The molecule has 0 amide bonds. The van der Waals surface area contributed by atoms with Gasteiger partial charge in [0.05, 0.1) is 12.0 Å². The van der Waals surface area contributed by atoms with Gasteiger partial charge in [-0.05, 0) is 61.1 Å². The summed E-state index contributed by atoms with van der Waals surface area (Å²) in [4.78, 5) is 0. The summed E-state index contributed by atoms with van der Waals surface area (Å²) in [5, 5.41) is 8.15. The van der Waals surface area contributed by atoms with Gasteiger partial charge in [-0.3, -0.25) is 10.1 Å². The SMILES string of the molecule is C/C(=N\NC(=S)Nc1ccc(Cl)cc1)c1cccc(NS(C)(=O)=O)c1. The topological polar surface area (TPSA) is 82.6 Å². The van der Waals surface area contributed by atoms with E-state index in [1.165, 1.54) is 0 Å². The average molecular weight is 397 g/mol. The second kappa shape index (κ2) is 8.28. The van der Waals surface area contributed by atoms with E-state index in [4.69, 9.17) is 23.8 Å². The summed E-state index contributed by atoms with van der Waals surface area (Å²) in [5.74, 6) is 0. The van der Waals surface area contributed by atoms with Gasteiger partial charge in [0.25, 0.3) is 0 Å². The van der Waals surface area contributed by atoms with Crippen LogP contribution in [0.15, 0.2) is 53.6 Å². The average Bonchev–Trinajstić information content (AvgIpc) is 2.53. The standard InChI is InChI=1S/C16H17ClN4O2S2/c1-11(12-4-3-5-15(10-12)21-25(2,22)23)19-20-16(24)18-14-8-6-13(17)7-9-14/h3-10,21H,1-2H3,(H2,18,20,24)/b19-11+. The maximum Gasteiger partial charge on any atom is 0.229 e. The van der Waals surface area contributed by atoms with Crippen molar-refractivity contribution in [2.24, 2.45) is 5.10 Å². The Morgan fingerprint density at radius 1 is 1.12 bits per heavy atom. The molecule has 0 aliphatic rings. The number of nitrogens with one attached hydrogen (secondary N) is 3. The molecule has 2 rings (SSSR count). The molecule has 25 heavy (non-hydrogen) atoms. The normalized spacial score (nSPS) is 11.7. The second-order valence-electron chi connectivity index (χ2n) is 5.23. The minimum Gasteiger partial charge on any atom is -0.331 e. The Labute approximate surface area is 157 Å². The highest BCUT2D eigenvalue weighted by molar-refractivity contribution is 7.92. The van der Waals surface area contributed by atoms with Crippen molar-refractivity contribution in [2.75, 3.05) is 16.3 Å². The van der Waals surface area contributed by atoms with E-state index in [2.05, 4.69) is 20.6 Å². The lowest BCUT2D eigenvalue weighted by atomic mass is 10.1. The molecule has 9 heteroatoms. The maximum absolute atomic E-state index is 11.3. The van der Waals surface area contributed by atoms with Crippen LogP contribution in [0.3, 0.4) is 0 Å². The minimum absolute atomic E-state index is 0.326. The fourth-order valence-corrected chi connectivity index (χ4v) is 2.76. The lowest BCUT2D eigenvalue weighted by molar-refractivity contribution is 0.607. The van der Waals surface area contributed by atoms with Crippen LogP contribution in [0, 0.1) is 0 Å². The van der Waals surface area contributed by atoms with Crippen LogP contribution < -0.4 is 15.5 Å². The van der Waals surface area contributed by atoms with Crippen LogP contribution in [0.25, 0.3) is 0 Å². The number of benzene rings is 2. The van der Waals surface area contributed by atoms with E-state index in [0.29, 0.717) is 21.5 Å². The fourth-order valence-electron chi connectivity index (χ4n) is 1.91. The summed E-state index contributed by atoms with van der Waals surface area (Å²) >= 11 is 11.0. The van der Waals surface area contributed by atoms with E-state index in [0.717, 1.165) is 17.5 Å². The number of nitrogens with zero attached hydrogens (tertiary/aromatic N) is 1. The zero-order valence-electron chi connectivity index (χ0n) is 13.6.